The zero-order chi connectivity index (χ0) is 18.8. The zero-order valence-corrected chi connectivity index (χ0v) is 15.8. The second kappa shape index (κ2) is 10.2. The van der Waals surface area contributed by atoms with Gasteiger partial charge in [0.1, 0.15) is 6.61 Å². The van der Waals surface area contributed by atoms with Gasteiger partial charge in [0.15, 0.2) is 16.6 Å². The summed E-state index contributed by atoms with van der Waals surface area (Å²) < 4.78 is 11.5. The molecule has 0 fully saturated rings. The predicted molar refractivity (Wildman–Crippen MR) is 110 cm³/mol. The van der Waals surface area contributed by atoms with Crippen molar-refractivity contribution in [3.63, 3.8) is 0 Å². The van der Waals surface area contributed by atoms with Crippen LogP contribution in [0.15, 0.2) is 60.2 Å². The van der Waals surface area contributed by atoms with E-state index < -0.39 is 0 Å². The monoisotopic (exact) mass is 369 g/mol. The van der Waals surface area contributed by atoms with Crippen molar-refractivity contribution in [1.82, 2.24) is 10.7 Å². The van der Waals surface area contributed by atoms with E-state index >= 15 is 0 Å². The minimum atomic E-state index is 0.423. The van der Waals surface area contributed by atoms with Gasteiger partial charge >= 0.3 is 0 Å². The van der Waals surface area contributed by atoms with Crippen LogP contribution in [-0.2, 0) is 6.61 Å². The van der Waals surface area contributed by atoms with Gasteiger partial charge in [-0.05, 0) is 42.4 Å². The van der Waals surface area contributed by atoms with E-state index in [0.717, 1.165) is 11.1 Å². The third-order valence-electron chi connectivity index (χ3n) is 3.64. The van der Waals surface area contributed by atoms with Gasteiger partial charge in [-0.3, -0.25) is 5.43 Å². The van der Waals surface area contributed by atoms with Crippen molar-refractivity contribution in [3.8, 4) is 11.5 Å². The first kappa shape index (κ1) is 19.5. The number of rotatable bonds is 8. The fraction of sp³-hybridized carbons (Fsp3) is 0.200. The van der Waals surface area contributed by atoms with Gasteiger partial charge < -0.3 is 14.8 Å². The normalized spacial score (nSPS) is 10.4. The standard InChI is InChI=1S/C20H23N3O2S/c1-4-12-21-20(26)23-22-13-16-10-7-11-18(24-3)19(16)25-14-17-9-6-5-8-15(17)2/h4-11,13H,1,12,14H2,2-3H3,(H2,21,23,26)/b22-13-. The van der Waals surface area contributed by atoms with Crippen LogP contribution >= 0.6 is 12.2 Å². The topological polar surface area (TPSA) is 54.9 Å². The molecule has 2 N–H and O–H groups in total. The first-order valence-electron chi connectivity index (χ1n) is 8.17. The van der Waals surface area contributed by atoms with E-state index in [1.54, 1.807) is 19.4 Å². The Labute approximate surface area is 159 Å². The molecular formula is C20H23N3O2S. The van der Waals surface area contributed by atoms with Gasteiger partial charge in [-0.2, -0.15) is 5.10 Å². The van der Waals surface area contributed by atoms with Crippen LogP contribution in [0.2, 0.25) is 0 Å². The molecule has 5 nitrogen and oxygen atoms in total. The fourth-order valence-electron chi connectivity index (χ4n) is 2.24. The van der Waals surface area contributed by atoms with Crippen LogP contribution in [0.4, 0.5) is 0 Å². The number of methoxy groups -OCH3 is 1. The maximum Gasteiger partial charge on any atom is 0.187 e. The van der Waals surface area contributed by atoms with Crippen molar-refractivity contribution in [2.24, 2.45) is 5.10 Å². The fourth-order valence-corrected chi connectivity index (χ4v) is 2.37. The van der Waals surface area contributed by atoms with E-state index in [9.17, 15) is 0 Å². The Morgan fingerprint density at radius 2 is 2.04 bits per heavy atom. The first-order chi connectivity index (χ1) is 12.7. The summed E-state index contributed by atoms with van der Waals surface area (Å²) in [5, 5.41) is 7.52. The Bertz CT molecular complexity index is 790. The lowest BCUT2D eigenvalue weighted by molar-refractivity contribution is 0.283. The molecule has 0 aliphatic carbocycles. The Balaban J connectivity index is 2.13. The zero-order valence-electron chi connectivity index (χ0n) is 15.0. The Hall–Kier alpha value is -2.86. The lowest BCUT2D eigenvalue weighted by Gasteiger charge is -2.14. The molecule has 6 heteroatoms. The molecule has 0 saturated heterocycles. The van der Waals surface area contributed by atoms with Crippen LogP contribution in [0.25, 0.3) is 0 Å². The maximum absolute atomic E-state index is 6.04. The molecule has 0 aliphatic heterocycles. The first-order valence-corrected chi connectivity index (χ1v) is 8.58. The van der Waals surface area contributed by atoms with E-state index in [-0.39, 0.29) is 0 Å². The number of nitrogens with zero attached hydrogens (tertiary/aromatic N) is 1. The number of hydrazone groups is 1. The molecule has 2 aromatic carbocycles. The van der Waals surface area contributed by atoms with Crippen molar-refractivity contribution in [2.45, 2.75) is 13.5 Å². The summed E-state index contributed by atoms with van der Waals surface area (Å²) in [6, 6.07) is 13.8. The second-order valence-corrected chi connectivity index (χ2v) is 5.87. The van der Waals surface area contributed by atoms with Crippen LogP contribution in [0.5, 0.6) is 11.5 Å². The molecule has 26 heavy (non-hydrogen) atoms. The Kier molecular flexibility index (Phi) is 7.64. The van der Waals surface area contributed by atoms with Crippen molar-refractivity contribution in [1.29, 1.82) is 0 Å². The predicted octanol–water partition coefficient (Wildman–Crippen LogP) is 3.57. The highest BCUT2D eigenvalue weighted by molar-refractivity contribution is 7.80. The molecule has 0 bridgehead atoms. The van der Waals surface area contributed by atoms with Crippen molar-refractivity contribution in [2.75, 3.05) is 13.7 Å². The lowest BCUT2D eigenvalue weighted by Crippen LogP contribution is -2.31. The number of para-hydroxylation sites is 1. The number of hydrogen-bond acceptors (Lipinski definition) is 4. The van der Waals surface area contributed by atoms with Gasteiger partial charge in [-0.1, -0.05) is 36.4 Å². The van der Waals surface area contributed by atoms with E-state index in [1.165, 1.54) is 5.56 Å². The molecule has 2 aromatic rings. The van der Waals surface area contributed by atoms with Crippen molar-refractivity contribution < 1.29 is 9.47 Å². The Morgan fingerprint density at radius 3 is 2.77 bits per heavy atom. The van der Waals surface area contributed by atoms with Crippen LogP contribution in [0.3, 0.4) is 0 Å². The van der Waals surface area contributed by atoms with Gasteiger partial charge in [0.05, 0.1) is 13.3 Å². The SMILES string of the molecule is C=CCNC(=S)N/N=C\c1cccc(OC)c1OCc1ccccc1C. The number of ether oxygens (including phenoxy) is 2. The summed E-state index contributed by atoms with van der Waals surface area (Å²) in [6.07, 6.45) is 3.37. The highest BCUT2D eigenvalue weighted by atomic mass is 32.1. The molecule has 0 unspecified atom stereocenters. The van der Waals surface area contributed by atoms with Gasteiger partial charge in [0.2, 0.25) is 0 Å². The van der Waals surface area contributed by atoms with Gasteiger partial charge in [0, 0.05) is 12.1 Å². The van der Waals surface area contributed by atoms with Gasteiger partial charge in [-0.15, -0.1) is 6.58 Å². The van der Waals surface area contributed by atoms with Crippen LogP contribution < -0.4 is 20.2 Å². The maximum atomic E-state index is 6.04. The quantitative estimate of drug-likeness (QED) is 0.322. The third kappa shape index (κ3) is 5.60. The number of thiocarbonyl (C=S) groups is 1. The number of nitrogens with one attached hydrogen (secondary N) is 2. The molecular weight excluding hydrogens is 346 g/mol. The summed E-state index contributed by atoms with van der Waals surface area (Å²) in [5.41, 5.74) is 5.85. The highest BCUT2D eigenvalue weighted by Gasteiger charge is 2.10. The Morgan fingerprint density at radius 1 is 1.23 bits per heavy atom. The van der Waals surface area contributed by atoms with E-state index in [0.29, 0.717) is 29.8 Å². The van der Waals surface area contributed by atoms with Crippen molar-refractivity contribution in [3.05, 3.63) is 71.8 Å². The third-order valence-corrected chi connectivity index (χ3v) is 3.87. The lowest BCUT2D eigenvalue weighted by atomic mass is 10.1. The van der Waals surface area contributed by atoms with E-state index in [2.05, 4.69) is 35.4 Å². The summed E-state index contributed by atoms with van der Waals surface area (Å²) in [5.74, 6) is 1.28. The molecule has 0 saturated carbocycles. The molecule has 0 aromatic heterocycles. The second-order valence-electron chi connectivity index (χ2n) is 5.46. The summed E-state index contributed by atoms with van der Waals surface area (Å²) >= 11 is 5.11. The van der Waals surface area contributed by atoms with Crippen LogP contribution in [0, 0.1) is 6.92 Å². The van der Waals surface area contributed by atoms with Gasteiger partial charge in [-0.25, -0.2) is 0 Å². The molecule has 2 rings (SSSR count). The van der Waals surface area contributed by atoms with E-state index in [4.69, 9.17) is 21.7 Å². The molecule has 0 aliphatic rings. The smallest absolute Gasteiger partial charge is 0.187 e. The largest absolute Gasteiger partial charge is 0.493 e. The summed E-state index contributed by atoms with van der Waals surface area (Å²) in [4.78, 5) is 0. The molecule has 0 radical (unpaired) electrons. The number of hydrogen-bond donors (Lipinski definition) is 2. The molecule has 0 atom stereocenters. The molecule has 136 valence electrons. The summed E-state index contributed by atoms with van der Waals surface area (Å²) in [6.45, 7) is 6.70. The average molecular weight is 369 g/mol. The van der Waals surface area contributed by atoms with Crippen molar-refractivity contribution >= 4 is 23.5 Å². The number of aryl methyl sites for hydroxylation is 1. The van der Waals surface area contributed by atoms with Crippen LogP contribution in [-0.4, -0.2) is 25.0 Å². The van der Waals surface area contributed by atoms with Crippen LogP contribution in [0.1, 0.15) is 16.7 Å². The minimum absolute atomic E-state index is 0.423. The van der Waals surface area contributed by atoms with Gasteiger partial charge in [0.25, 0.3) is 0 Å². The minimum Gasteiger partial charge on any atom is -0.493 e. The molecule has 0 heterocycles. The number of benzene rings is 2. The highest BCUT2D eigenvalue weighted by Crippen LogP contribution is 2.31. The average Bonchev–Trinajstić information content (AvgIpc) is 2.66. The molecule has 0 spiro atoms. The summed E-state index contributed by atoms with van der Waals surface area (Å²) in [7, 11) is 1.61. The molecule has 0 amide bonds. The van der Waals surface area contributed by atoms with E-state index in [1.807, 2.05) is 36.4 Å².